The molecule has 2 atom stereocenters. The van der Waals surface area contributed by atoms with Crippen LogP contribution >= 0.6 is 15.9 Å². The van der Waals surface area contributed by atoms with Crippen LogP contribution in [-0.4, -0.2) is 18.1 Å². The lowest BCUT2D eigenvalue weighted by Crippen LogP contribution is -2.36. The molecule has 0 aromatic carbocycles. The number of hydrogen-bond donors (Lipinski definition) is 1. The zero-order valence-corrected chi connectivity index (χ0v) is 12.1. The molecular weight excluding hydrogens is 278 g/mol. The minimum Gasteiger partial charge on any atom is -0.396 e. The maximum atomic E-state index is 6.03. The zero-order valence-electron chi connectivity index (χ0n) is 10.5. The first kappa shape index (κ1) is 12.7. The Labute approximate surface area is 112 Å². The van der Waals surface area contributed by atoms with E-state index in [1.54, 1.807) is 6.20 Å². The van der Waals surface area contributed by atoms with E-state index < -0.39 is 0 Å². The van der Waals surface area contributed by atoms with Gasteiger partial charge in [-0.2, -0.15) is 0 Å². The van der Waals surface area contributed by atoms with Crippen LogP contribution in [0.5, 0.6) is 0 Å². The molecule has 94 valence electrons. The Morgan fingerprint density at radius 3 is 2.82 bits per heavy atom. The van der Waals surface area contributed by atoms with E-state index in [0.717, 1.165) is 21.8 Å². The van der Waals surface area contributed by atoms with Crippen LogP contribution in [0.4, 0.5) is 11.4 Å². The first-order valence-corrected chi connectivity index (χ1v) is 7.00. The summed E-state index contributed by atoms with van der Waals surface area (Å²) in [6, 6.07) is 0.597. The van der Waals surface area contributed by atoms with Crippen molar-refractivity contribution >= 4 is 27.3 Å². The Bertz CT molecular complexity index is 374. The van der Waals surface area contributed by atoms with Crippen molar-refractivity contribution in [3.05, 3.63) is 16.9 Å². The van der Waals surface area contributed by atoms with Crippen molar-refractivity contribution in [3.8, 4) is 0 Å². The molecule has 4 heteroatoms. The summed E-state index contributed by atoms with van der Waals surface area (Å²) in [5.41, 5.74) is 7.86. The van der Waals surface area contributed by atoms with Gasteiger partial charge >= 0.3 is 0 Å². The van der Waals surface area contributed by atoms with Crippen LogP contribution in [0.1, 0.15) is 32.6 Å². The van der Waals surface area contributed by atoms with Gasteiger partial charge in [0.05, 0.1) is 22.0 Å². The molecule has 1 aliphatic rings. The average Bonchev–Trinajstić information content (AvgIpc) is 2.28. The van der Waals surface area contributed by atoms with E-state index in [9.17, 15) is 0 Å². The molecule has 0 spiro atoms. The zero-order chi connectivity index (χ0) is 12.4. The lowest BCUT2D eigenvalue weighted by Gasteiger charge is -2.36. The van der Waals surface area contributed by atoms with Gasteiger partial charge in [-0.05, 0) is 34.7 Å². The normalized spacial score (nSPS) is 24.6. The Hall–Kier alpha value is -0.770. The highest BCUT2D eigenvalue weighted by molar-refractivity contribution is 9.10. The van der Waals surface area contributed by atoms with E-state index in [1.807, 2.05) is 6.20 Å². The van der Waals surface area contributed by atoms with Crippen molar-refractivity contribution in [2.75, 3.05) is 17.7 Å². The van der Waals surface area contributed by atoms with Crippen molar-refractivity contribution in [2.45, 2.75) is 38.6 Å². The Morgan fingerprint density at radius 1 is 1.41 bits per heavy atom. The molecule has 2 rings (SSSR count). The van der Waals surface area contributed by atoms with Gasteiger partial charge in [-0.3, -0.25) is 4.98 Å². The highest BCUT2D eigenvalue weighted by Gasteiger charge is 2.24. The fourth-order valence-electron chi connectivity index (χ4n) is 2.75. The quantitative estimate of drug-likeness (QED) is 0.909. The summed E-state index contributed by atoms with van der Waals surface area (Å²) in [4.78, 5) is 6.40. The predicted molar refractivity (Wildman–Crippen MR) is 76.2 cm³/mol. The van der Waals surface area contributed by atoms with Crippen molar-refractivity contribution in [3.63, 3.8) is 0 Å². The molecule has 1 saturated carbocycles. The number of hydrogen-bond acceptors (Lipinski definition) is 3. The molecule has 1 aliphatic carbocycles. The van der Waals surface area contributed by atoms with E-state index in [-0.39, 0.29) is 0 Å². The minimum absolute atomic E-state index is 0.597. The van der Waals surface area contributed by atoms with E-state index in [0.29, 0.717) is 6.04 Å². The number of nitrogens with two attached hydrogens (primary N) is 1. The predicted octanol–water partition coefficient (Wildman–Crippen LogP) is 3.44. The molecule has 1 heterocycles. The van der Waals surface area contributed by atoms with Crippen LogP contribution in [0, 0.1) is 5.92 Å². The third-order valence-corrected chi connectivity index (χ3v) is 4.29. The lowest BCUT2D eigenvalue weighted by atomic mass is 9.86. The van der Waals surface area contributed by atoms with Gasteiger partial charge in [0.2, 0.25) is 0 Å². The number of rotatable bonds is 2. The standard InChI is InChI=1S/C13H20BrN3/c1-9-4-3-5-10(6-9)17(2)13-11(14)7-16-8-12(13)15/h7-10H,3-6,15H2,1-2H3. The Kier molecular flexibility index (Phi) is 3.92. The van der Waals surface area contributed by atoms with E-state index in [2.05, 4.69) is 39.8 Å². The third kappa shape index (κ3) is 2.73. The molecule has 1 fully saturated rings. The van der Waals surface area contributed by atoms with Gasteiger partial charge in [0.1, 0.15) is 0 Å². The van der Waals surface area contributed by atoms with E-state index in [4.69, 9.17) is 5.73 Å². The Balaban J connectivity index is 2.21. The molecular formula is C13H20BrN3. The molecule has 17 heavy (non-hydrogen) atoms. The minimum atomic E-state index is 0.597. The molecule has 2 unspecified atom stereocenters. The maximum absolute atomic E-state index is 6.03. The van der Waals surface area contributed by atoms with Gasteiger partial charge in [0.25, 0.3) is 0 Å². The summed E-state index contributed by atoms with van der Waals surface area (Å²) in [7, 11) is 2.14. The van der Waals surface area contributed by atoms with Gasteiger partial charge in [-0.15, -0.1) is 0 Å². The van der Waals surface area contributed by atoms with E-state index >= 15 is 0 Å². The van der Waals surface area contributed by atoms with Crippen LogP contribution in [0.3, 0.4) is 0 Å². The topological polar surface area (TPSA) is 42.1 Å². The van der Waals surface area contributed by atoms with Crippen molar-refractivity contribution < 1.29 is 0 Å². The summed E-state index contributed by atoms with van der Waals surface area (Å²) in [6.07, 6.45) is 8.73. The SMILES string of the molecule is CC1CCCC(N(C)c2c(N)cncc2Br)C1. The highest BCUT2D eigenvalue weighted by atomic mass is 79.9. The highest BCUT2D eigenvalue weighted by Crippen LogP contribution is 2.35. The number of anilines is 2. The van der Waals surface area contributed by atoms with Gasteiger partial charge in [-0.25, -0.2) is 0 Å². The second-order valence-electron chi connectivity index (χ2n) is 5.10. The van der Waals surface area contributed by atoms with Crippen molar-refractivity contribution in [2.24, 2.45) is 5.92 Å². The van der Waals surface area contributed by atoms with Crippen LogP contribution < -0.4 is 10.6 Å². The second-order valence-corrected chi connectivity index (χ2v) is 5.95. The molecule has 2 N–H and O–H groups in total. The van der Waals surface area contributed by atoms with Gasteiger partial charge < -0.3 is 10.6 Å². The lowest BCUT2D eigenvalue weighted by molar-refractivity contribution is 0.336. The largest absolute Gasteiger partial charge is 0.396 e. The molecule has 0 saturated heterocycles. The van der Waals surface area contributed by atoms with Crippen molar-refractivity contribution in [1.82, 2.24) is 4.98 Å². The average molecular weight is 298 g/mol. The monoisotopic (exact) mass is 297 g/mol. The number of nitrogens with zero attached hydrogens (tertiary/aromatic N) is 2. The number of halogens is 1. The Morgan fingerprint density at radius 2 is 2.18 bits per heavy atom. The second kappa shape index (κ2) is 5.25. The molecule has 1 aromatic rings. The van der Waals surface area contributed by atoms with Crippen LogP contribution in [0.15, 0.2) is 16.9 Å². The molecule has 1 aromatic heterocycles. The molecule has 0 radical (unpaired) electrons. The van der Waals surface area contributed by atoms with Crippen LogP contribution in [0.25, 0.3) is 0 Å². The van der Waals surface area contributed by atoms with Gasteiger partial charge in [0.15, 0.2) is 0 Å². The first-order valence-electron chi connectivity index (χ1n) is 6.21. The first-order chi connectivity index (χ1) is 8.09. The maximum Gasteiger partial charge on any atom is 0.0775 e. The van der Waals surface area contributed by atoms with Crippen molar-refractivity contribution in [1.29, 1.82) is 0 Å². The van der Waals surface area contributed by atoms with E-state index in [1.165, 1.54) is 25.7 Å². The number of pyridine rings is 1. The number of aromatic nitrogens is 1. The fraction of sp³-hybridized carbons (Fsp3) is 0.615. The van der Waals surface area contributed by atoms with Crippen LogP contribution in [0.2, 0.25) is 0 Å². The summed E-state index contributed by atoms with van der Waals surface area (Å²) in [5.74, 6) is 0.818. The number of nitrogen functional groups attached to an aromatic ring is 1. The van der Waals surface area contributed by atoms with Gasteiger partial charge in [0, 0.05) is 19.3 Å². The summed E-state index contributed by atoms with van der Waals surface area (Å²) < 4.78 is 0.984. The molecule has 0 amide bonds. The summed E-state index contributed by atoms with van der Waals surface area (Å²) in [5, 5.41) is 0. The summed E-state index contributed by atoms with van der Waals surface area (Å²) in [6.45, 7) is 2.34. The molecule has 3 nitrogen and oxygen atoms in total. The summed E-state index contributed by atoms with van der Waals surface area (Å²) >= 11 is 3.55. The van der Waals surface area contributed by atoms with Gasteiger partial charge in [-0.1, -0.05) is 19.8 Å². The van der Waals surface area contributed by atoms with Crippen LogP contribution in [-0.2, 0) is 0 Å². The third-order valence-electron chi connectivity index (χ3n) is 3.71. The molecule has 0 aliphatic heterocycles. The molecule has 0 bridgehead atoms. The smallest absolute Gasteiger partial charge is 0.0775 e. The fourth-order valence-corrected chi connectivity index (χ4v) is 3.38.